The molecule has 6 aromatic rings. The zero-order chi connectivity index (χ0) is 99.1. The molecule has 31 rings (SSSR count). The van der Waals surface area contributed by atoms with Crippen molar-refractivity contribution < 1.29 is 0 Å². The van der Waals surface area contributed by atoms with Gasteiger partial charge in [0, 0.05) is 17.9 Å². The van der Waals surface area contributed by atoms with Crippen LogP contribution < -0.4 is 5.32 Å². The SMILES string of the molecule is C1=CC2CCCC(C1)CCC2.C1=CCCCC1.C1C2CC3CC1CC(C2)C3.C1CC2CC(C1)C2.C1CC2CCC1C2.C1CC2CCCC(C1)CCC2.C1CCC2CCCCC2C1.C1CCC2NCCCC2C1.C=C1CC(C)c2ccccc21.CC.CC.CC.CC.CC.CC.CC.c1ccc2c(c1)CCC2.c1ccc2c(c1)CCCC2.c1ccc2c(c1)Cc1ccccc1-2.c1cnc2c(c1)CCCC2. The number of allylic oxidation sites excluding steroid dienone is 5. The molecule has 0 spiro atoms. The van der Waals surface area contributed by atoms with Gasteiger partial charge in [-0.1, -0.05) is 455 Å². The standard InChI is InChI=1S/C13H10.C11H12.C11H20.C11H18.C10H16.C10H18.C10H12.C9H17N.C9H11N.C9H10.2C7H12.C6H10.7C2H6/c1-3-7-12-10(5-1)9-11-6-2-4-8-13(11)12;1-8-7-9(2)11-6-4-3-5-10(8)11;2*1-4-10-6-2-7-11(5-1)9-3-8-10;1-7-2-9-4-8(1)5-10(3-7)6-9;2*1-2-6-10-8-4-3-7-9(10)5-1;2*1-2-6-9-8(4-1)5-3-7-10-9;1-2-5-9-7-3-6-8(9)4-1;1-2-7-4-3-6(1)5-7;1-2-6-4-7(3-1)5-6;1-2-4-6-5-3-1;7*1-2/h1-8H,9H2;3-6,9H,1,7H2,2H3;10-11H,1-9H2;1,4,10-11H,2-3,5-9H2;7-10H,1-6H2;9-10H,1-8H2;1-2,5-6H,3-4,7-8H2;8-10H,1-7H2;3,5,7H,1-2,4,6H2;1-2,4-5H,3,6-7H2;2*6-7H,1-5H2;1-2H,3-6H2;7*1-2H3. The van der Waals surface area contributed by atoms with Gasteiger partial charge in [0.1, 0.15) is 0 Å². The molecule has 0 amide bonds. The van der Waals surface area contributed by atoms with Gasteiger partial charge in [0.05, 0.1) is 0 Å². The molecular formula is C137H220N2. The molecule has 12 bridgehead atoms. The maximum Gasteiger partial charge on any atom is 0.0435 e. The lowest BCUT2D eigenvalue weighted by Crippen LogP contribution is -2.42. The molecule has 2 heteroatoms. The molecule has 2 heterocycles. The number of benzene rings is 5. The van der Waals surface area contributed by atoms with Gasteiger partial charge in [0.15, 0.2) is 0 Å². The van der Waals surface area contributed by atoms with Crippen LogP contribution in [0.25, 0.3) is 16.7 Å². The molecule has 25 aliphatic rings. The second kappa shape index (κ2) is 72.7. The Morgan fingerprint density at radius 2 is 0.612 bits per heavy atom. The van der Waals surface area contributed by atoms with Crippen molar-refractivity contribution in [2.24, 2.45) is 88.8 Å². The summed E-state index contributed by atoms with van der Waals surface area (Å²) in [5, 5.41) is 3.62. The summed E-state index contributed by atoms with van der Waals surface area (Å²) in [6, 6.07) is 48.5. The Morgan fingerprint density at radius 1 is 0.266 bits per heavy atom. The quantitative estimate of drug-likeness (QED) is 0.153. The summed E-state index contributed by atoms with van der Waals surface area (Å²) < 4.78 is 0. The molecule has 139 heavy (non-hydrogen) atoms. The zero-order valence-electron chi connectivity index (χ0n) is 93.8. The van der Waals surface area contributed by atoms with E-state index in [1.54, 1.807) is 183 Å². The summed E-state index contributed by atoms with van der Waals surface area (Å²) in [5.41, 5.74) is 19.0. The lowest BCUT2D eigenvalue weighted by molar-refractivity contribution is 0.0198. The van der Waals surface area contributed by atoms with Gasteiger partial charge < -0.3 is 5.32 Å². The van der Waals surface area contributed by atoms with Gasteiger partial charge in [-0.25, -0.2) is 0 Å². The number of nitrogens with one attached hydrogen (secondary N) is 1. The van der Waals surface area contributed by atoms with Crippen molar-refractivity contribution in [3.8, 4) is 11.1 Å². The highest BCUT2D eigenvalue weighted by atomic mass is 14.9. The van der Waals surface area contributed by atoms with E-state index >= 15 is 0 Å². The molecule has 17 fully saturated rings. The smallest absolute Gasteiger partial charge is 0.0435 e. The molecule has 2 nitrogen and oxygen atoms in total. The van der Waals surface area contributed by atoms with E-state index in [9.17, 15) is 0 Å². The van der Waals surface area contributed by atoms with Crippen LogP contribution in [-0.2, 0) is 44.9 Å². The van der Waals surface area contributed by atoms with Gasteiger partial charge in [-0.05, 0) is 386 Å². The maximum absolute atomic E-state index is 4.32. The van der Waals surface area contributed by atoms with Crippen LogP contribution >= 0.6 is 0 Å². The Morgan fingerprint density at radius 3 is 1.01 bits per heavy atom. The highest BCUT2D eigenvalue weighted by Gasteiger charge is 2.42. The first-order chi connectivity index (χ1) is 68.8. The molecular weight excluding hydrogens is 1670 g/mol. The summed E-state index contributed by atoms with van der Waals surface area (Å²) in [7, 11) is 0. The van der Waals surface area contributed by atoms with E-state index in [4.69, 9.17) is 0 Å². The third-order valence-electron chi connectivity index (χ3n) is 35.3. The molecule has 1 aliphatic heterocycles. The average molecular weight is 1900 g/mol. The Kier molecular flexibility index (Phi) is 62.0. The fourth-order valence-corrected chi connectivity index (χ4v) is 28.4. The number of fused-ring (bicyclic) bond motifs is 24. The number of pyridine rings is 1. The average Bonchev–Trinajstić information content (AvgIpc) is 1.75. The van der Waals surface area contributed by atoms with Crippen molar-refractivity contribution in [2.45, 2.75) is 520 Å². The van der Waals surface area contributed by atoms with Gasteiger partial charge in [-0.3, -0.25) is 4.98 Å². The van der Waals surface area contributed by atoms with E-state index in [1.165, 1.54) is 335 Å². The maximum atomic E-state index is 4.32. The van der Waals surface area contributed by atoms with Crippen LogP contribution in [0.2, 0.25) is 0 Å². The number of hydrogen-bond acceptors (Lipinski definition) is 2. The lowest BCUT2D eigenvalue weighted by Gasteiger charge is -2.49. The van der Waals surface area contributed by atoms with Gasteiger partial charge in [-0.15, -0.1) is 0 Å². The molecule has 5 aromatic carbocycles. The first kappa shape index (κ1) is 119. The van der Waals surface area contributed by atoms with E-state index in [1.807, 2.05) is 109 Å². The van der Waals surface area contributed by atoms with Crippen LogP contribution in [0.15, 0.2) is 171 Å². The van der Waals surface area contributed by atoms with Gasteiger partial charge in [-0.2, -0.15) is 0 Å². The van der Waals surface area contributed by atoms with Crippen LogP contribution in [0.3, 0.4) is 0 Å². The molecule has 1 aromatic heterocycles. The minimum absolute atomic E-state index is 0.679. The zero-order valence-corrected chi connectivity index (χ0v) is 93.8. The van der Waals surface area contributed by atoms with Crippen LogP contribution in [0.1, 0.15) is 525 Å². The second-order valence-corrected chi connectivity index (χ2v) is 44.6. The van der Waals surface area contributed by atoms with E-state index in [0.29, 0.717) is 5.92 Å². The van der Waals surface area contributed by atoms with Gasteiger partial charge in [0.25, 0.3) is 0 Å². The van der Waals surface area contributed by atoms with E-state index < -0.39 is 0 Å². The van der Waals surface area contributed by atoms with Crippen molar-refractivity contribution in [3.05, 3.63) is 226 Å². The number of aromatic nitrogens is 1. The third kappa shape index (κ3) is 42.4. The van der Waals surface area contributed by atoms with Crippen molar-refractivity contribution >= 4 is 5.57 Å². The first-order valence-electron chi connectivity index (χ1n) is 61.8. The van der Waals surface area contributed by atoms with Crippen molar-refractivity contribution in [1.82, 2.24) is 10.3 Å². The molecule has 24 aliphatic carbocycles. The van der Waals surface area contributed by atoms with Gasteiger partial charge in [0.2, 0.25) is 0 Å². The molecule has 1 saturated heterocycles. The van der Waals surface area contributed by atoms with Crippen LogP contribution in [0, 0.1) is 88.8 Å². The number of rotatable bonds is 0. The number of hydrogen-bond donors (Lipinski definition) is 1. The molecule has 16 saturated carbocycles. The molecule has 3 unspecified atom stereocenters. The van der Waals surface area contributed by atoms with Crippen molar-refractivity contribution in [3.63, 3.8) is 0 Å². The van der Waals surface area contributed by atoms with Crippen LogP contribution in [0.4, 0.5) is 0 Å². The summed E-state index contributed by atoms with van der Waals surface area (Å²) in [4.78, 5) is 4.32. The third-order valence-corrected chi connectivity index (χ3v) is 35.3. The van der Waals surface area contributed by atoms with E-state index in [2.05, 4.69) is 176 Å². The second-order valence-electron chi connectivity index (χ2n) is 44.6. The van der Waals surface area contributed by atoms with Gasteiger partial charge >= 0.3 is 0 Å². The Bertz CT molecular complexity index is 3730. The summed E-state index contributed by atoms with van der Waals surface area (Å²) in [5.74, 6) is 17.7. The topological polar surface area (TPSA) is 24.9 Å². The Balaban J connectivity index is 0.000000183. The van der Waals surface area contributed by atoms with Crippen molar-refractivity contribution in [2.75, 3.05) is 6.54 Å². The first-order valence-corrected chi connectivity index (χ1v) is 61.8. The predicted molar refractivity (Wildman–Crippen MR) is 618 cm³/mol. The largest absolute Gasteiger partial charge is 0.314 e. The number of piperidine rings is 1. The fraction of sp³-hybridized carbons (Fsp3) is 0.701. The lowest BCUT2D eigenvalue weighted by atomic mass is 9.56. The molecule has 1 N–H and O–H groups in total. The highest BCUT2D eigenvalue weighted by Crippen LogP contribution is 2.54. The monoisotopic (exact) mass is 1890 g/mol. The number of nitrogens with zero attached hydrogens (tertiary/aromatic N) is 1. The normalized spacial score (nSPS) is 28.4. The summed E-state index contributed by atoms with van der Waals surface area (Å²) in [6.45, 7) is 35.6. The number of aryl methyl sites for hydroxylation is 6. The minimum Gasteiger partial charge on any atom is -0.314 e. The van der Waals surface area contributed by atoms with E-state index in [0.717, 1.165) is 60.3 Å². The van der Waals surface area contributed by atoms with Crippen LogP contribution in [0.5, 0.6) is 0 Å². The summed E-state index contributed by atoms with van der Waals surface area (Å²) in [6.07, 6.45) is 104. The Hall–Kier alpha value is -5.57. The molecule has 778 valence electrons. The highest BCUT2D eigenvalue weighted by molar-refractivity contribution is 5.76. The molecule has 0 radical (unpaired) electrons. The summed E-state index contributed by atoms with van der Waals surface area (Å²) >= 11 is 0. The minimum atomic E-state index is 0.679. The predicted octanol–water partition coefficient (Wildman–Crippen LogP) is 42.3. The Labute approximate surface area is 863 Å². The molecule has 3 atom stereocenters. The van der Waals surface area contributed by atoms with E-state index in [-0.39, 0.29) is 0 Å². The van der Waals surface area contributed by atoms with Crippen molar-refractivity contribution in [1.29, 1.82) is 0 Å². The fourth-order valence-electron chi connectivity index (χ4n) is 28.4. The van der Waals surface area contributed by atoms with Crippen LogP contribution in [-0.4, -0.2) is 17.6 Å².